The fourth-order valence-corrected chi connectivity index (χ4v) is 2.21. The molecule has 0 aromatic carbocycles. The maximum atomic E-state index is 5.72. The molecule has 0 aromatic heterocycles. The maximum absolute atomic E-state index is 5.72. The van der Waals surface area contributed by atoms with Crippen LogP contribution in [0.5, 0.6) is 0 Å². The number of rotatable bonds is 7. The van der Waals surface area contributed by atoms with Crippen LogP contribution < -0.4 is 0 Å². The molecule has 0 aliphatic rings. The second-order valence-electron chi connectivity index (χ2n) is 4.42. The summed E-state index contributed by atoms with van der Waals surface area (Å²) in [6, 6.07) is 0. The van der Waals surface area contributed by atoms with Crippen molar-refractivity contribution in [3.8, 4) is 0 Å². The summed E-state index contributed by atoms with van der Waals surface area (Å²) in [6.07, 6.45) is 5.14. The zero-order valence-corrected chi connectivity index (χ0v) is 11.4. The molecule has 0 N–H and O–H groups in total. The molecular formula is C10H21ClMgO. The van der Waals surface area contributed by atoms with Crippen LogP contribution in [0.3, 0.4) is 0 Å². The van der Waals surface area contributed by atoms with Gasteiger partial charge >= 0.3 is 19.3 Å². The van der Waals surface area contributed by atoms with E-state index in [4.69, 9.17) is 13.8 Å². The number of halogens is 1. The van der Waals surface area contributed by atoms with Gasteiger partial charge in [0.25, 0.3) is 0 Å². The van der Waals surface area contributed by atoms with Crippen LogP contribution in [0, 0.1) is 0 Å². The van der Waals surface area contributed by atoms with Crippen molar-refractivity contribution < 1.29 is 4.74 Å². The van der Waals surface area contributed by atoms with Crippen molar-refractivity contribution in [3.63, 3.8) is 0 Å². The van der Waals surface area contributed by atoms with Crippen LogP contribution in [-0.2, 0) is 4.74 Å². The predicted molar refractivity (Wildman–Crippen MR) is 60.6 cm³/mol. The van der Waals surface area contributed by atoms with Gasteiger partial charge < -0.3 is 13.8 Å². The molecule has 1 nitrogen and oxygen atoms in total. The Bertz CT molecular complexity index is 112. The van der Waals surface area contributed by atoms with Gasteiger partial charge in [-0.2, -0.15) is 0 Å². The SMILES string of the molecule is CC(C)(C)OCCCCC[CH2][Mg][Cl]. The molecule has 76 valence electrons. The normalized spacial score (nSPS) is 11.4. The molecule has 0 bridgehead atoms. The molecule has 0 fully saturated rings. The van der Waals surface area contributed by atoms with Crippen molar-refractivity contribution in [2.75, 3.05) is 6.61 Å². The number of hydrogen-bond acceptors (Lipinski definition) is 1. The van der Waals surface area contributed by atoms with Crippen LogP contribution in [0.2, 0.25) is 4.55 Å². The molecule has 0 aromatic rings. The molecule has 0 aliphatic carbocycles. The van der Waals surface area contributed by atoms with Gasteiger partial charge in [0.1, 0.15) is 0 Å². The average molecular weight is 217 g/mol. The highest BCUT2D eigenvalue weighted by Gasteiger charge is 2.08. The van der Waals surface area contributed by atoms with E-state index in [9.17, 15) is 0 Å². The van der Waals surface area contributed by atoms with Gasteiger partial charge in [0.05, 0.1) is 5.60 Å². The highest BCUT2D eigenvalue weighted by atomic mass is 35.5. The lowest BCUT2D eigenvalue weighted by Gasteiger charge is -2.19. The summed E-state index contributed by atoms with van der Waals surface area (Å²) in [5.74, 6) is 0. The summed E-state index contributed by atoms with van der Waals surface area (Å²) in [5, 5.41) is 0. The van der Waals surface area contributed by atoms with Crippen molar-refractivity contribution in [1.82, 2.24) is 0 Å². The van der Waals surface area contributed by atoms with Crippen LogP contribution in [0.4, 0.5) is 0 Å². The number of unbranched alkanes of at least 4 members (excludes halogenated alkanes) is 3. The van der Waals surface area contributed by atoms with Gasteiger partial charge in [0, 0.05) is 6.61 Å². The van der Waals surface area contributed by atoms with E-state index in [1.54, 1.807) is 0 Å². The largest absolute Gasteiger partial charge is 0.501 e. The maximum Gasteiger partial charge on any atom is 0.501 e. The van der Waals surface area contributed by atoms with E-state index < -0.39 is 0 Å². The molecule has 0 unspecified atom stereocenters. The van der Waals surface area contributed by atoms with Crippen LogP contribution in [0.15, 0.2) is 0 Å². The van der Waals surface area contributed by atoms with E-state index in [2.05, 4.69) is 20.8 Å². The first-order chi connectivity index (χ1) is 6.06. The Hall–Kier alpha value is 1.02. The van der Waals surface area contributed by atoms with E-state index in [0.717, 1.165) is 6.61 Å². The minimum atomic E-state index is -0.207. The smallest absolute Gasteiger partial charge is 0.376 e. The monoisotopic (exact) mass is 216 g/mol. The lowest BCUT2D eigenvalue weighted by Crippen LogP contribution is -2.19. The van der Waals surface area contributed by atoms with Crippen LogP contribution in [0.25, 0.3) is 0 Å². The molecule has 0 rings (SSSR count). The van der Waals surface area contributed by atoms with Crippen molar-refractivity contribution in [1.29, 1.82) is 0 Å². The quantitative estimate of drug-likeness (QED) is 0.467. The third-order valence-electron chi connectivity index (χ3n) is 1.81. The van der Waals surface area contributed by atoms with Crippen LogP contribution >= 0.6 is 9.07 Å². The summed E-state index contributed by atoms with van der Waals surface area (Å²) in [7, 11) is 5.72. The first kappa shape index (κ1) is 14.0. The molecule has 3 heteroatoms. The summed E-state index contributed by atoms with van der Waals surface area (Å²) in [4.78, 5) is 0. The fourth-order valence-electron chi connectivity index (χ4n) is 1.11. The Kier molecular flexibility index (Phi) is 8.99. The second-order valence-corrected chi connectivity index (χ2v) is 6.64. The Morgan fingerprint density at radius 2 is 1.69 bits per heavy atom. The lowest BCUT2D eigenvalue weighted by atomic mass is 10.2. The van der Waals surface area contributed by atoms with Gasteiger partial charge in [0.2, 0.25) is 0 Å². The van der Waals surface area contributed by atoms with E-state index in [-0.39, 0.29) is 24.9 Å². The third kappa shape index (κ3) is 13.0. The summed E-state index contributed by atoms with van der Waals surface area (Å²) >= 11 is -0.207. The average Bonchev–Trinajstić information content (AvgIpc) is 2.01. The Morgan fingerprint density at radius 1 is 1.08 bits per heavy atom. The molecule has 0 radical (unpaired) electrons. The highest BCUT2D eigenvalue weighted by Crippen LogP contribution is 2.09. The predicted octanol–water partition coefficient (Wildman–Crippen LogP) is 3.64. The first-order valence-corrected chi connectivity index (χ1v) is 8.40. The number of hydrogen-bond donors (Lipinski definition) is 0. The summed E-state index contributed by atoms with van der Waals surface area (Å²) in [6.45, 7) is 7.21. The lowest BCUT2D eigenvalue weighted by molar-refractivity contribution is -0.00471. The van der Waals surface area contributed by atoms with Crippen LogP contribution in [-0.4, -0.2) is 31.5 Å². The zero-order valence-electron chi connectivity index (χ0n) is 9.24. The summed E-state index contributed by atoms with van der Waals surface area (Å²) < 4.78 is 6.91. The van der Waals surface area contributed by atoms with E-state index >= 15 is 0 Å². The fraction of sp³-hybridized carbons (Fsp3) is 1.00. The molecule has 0 heterocycles. The zero-order chi connectivity index (χ0) is 10.2. The van der Waals surface area contributed by atoms with Crippen molar-refractivity contribution in [3.05, 3.63) is 0 Å². The second kappa shape index (κ2) is 8.33. The molecule has 0 amide bonds. The van der Waals surface area contributed by atoms with Gasteiger partial charge in [-0.1, -0.05) is 19.3 Å². The van der Waals surface area contributed by atoms with Crippen molar-refractivity contribution in [2.24, 2.45) is 0 Å². The third-order valence-corrected chi connectivity index (χ3v) is 3.38. The Balaban J connectivity index is 3.00. The molecule has 13 heavy (non-hydrogen) atoms. The molecule has 0 saturated carbocycles. The molecule has 0 saturated heterocycles. The minimum Gasteiger partial charge on any atom is -0.376 e. The summed E-state index contributed by atoms with van der Waals surface area (Å²) in [5.41, 5.74) is 0.0308. The number of ether oxygens (including phenoxy) is 1. The standard InChI is InChI=1S/C10H21O.ClH.Mg/c1-5-6-7-8-9-11-10(2,3)4;;/h1,5-9H2,2-4H3;1H;/q;;+1/p-1. The van der Waals surface area contributed by atoms with E-state index in [0.29, 0.717) is 0 Å². The van der Waals surface area contributed by atoms with Gasteiger partial charge in [0.15, 0.2) is 0 Å². The van der Waals surface area contributed by atoms with Gasteiger partial charge in [-0.3, -0.25) is 0 Å². The van der Waals surface area contributed by atoms with Crippen molar-refractivity contribution >= 4 is 28.3 Å². The van der Waals surface area contributed by atoms with E-state index in [1.165, 1.54) is 30.2 Å². The van der Waals surface area contributed by atoms with Gasteiger partial charge in [-0.25, -0.2) is 0 Å². The molecule has 0 aliphatic heterocycles. The highest BCUT2D eigenvalue weighted by molar-refractivity contribution is 6.93. The minimum absolute atomic E-state index is 0.0308. The topological polar surface area (TPSA) is 9.23 Å². The molecular weight excluding hydrogens is 196 g/mol. The van der Waals surface area contributed by atoms with E-state index in [1.807, 2.05) is 0 Å². The van der Waals surface area contributed by atoms with Gasteiger partial charge in [-0.05, 0) is 27.2 Å². The van der Waals surface area contributed by atoms with Crippen molar-refractivity contribution in [2.45, 2.75) is 56.6 Å². The first-order valence-electron chi connectivity index (χ1n) is 5.26. The van der Waals surface area contributed by atoms with Gasteiger partial charge in [-0.15, -0.1) is 4.55 Å². The van der Waals surface area contributed by atoms with Crippen LogP contribution in [0.1, 0.15) is 46.5 Å². The molecule has 0 atom stereocenters. The Labute approximate surface area is 96.1 Å². The molecule has 0 spiro atoms. The Morgan fingerprint density at radius 3 is 2.23 bits per heavy atom.